The molecule has 2 aromatic carbocycles. The standard InChI is InChI=1S/C13H6BrClF3NO/c14-8-5-6(1-3-9(8)15)19-13(20)7-2-4-10(16)12(18)11(7)17/h1-5H,(H,19,20). The lowest BCUT2D eigenvalue weighted by atomic mass is 10.1. The predicted molar refractivity (Wildman–Crippen MR) is 73.4 cm³/mol. The minimum absolute atomic E-state index is 0.329. The molecule has 0 bridgehead atoms. The van der Waals surface area contributed by atoms with Gasteiger partial charge in [0.05, 0.1) is 10.6 Å². The Morgan fingerprint density at radius 3 is 2.45 bits per heavy atom. The van der Waals surface area contributed by atoms with E-state index < -0.39 is 28.9 Å². The van der Waals surface area contributed by atoms with Gasteiger partial charge in [-0.2, -0.15) is 0 Å². The lowest BCUT2D eigenvalue weighted by Crippen LogP contribution is -2.15. The van der Waals surface area contributed by atoms with E-state index in [2.05, 4.69) is 21.2 Å². The van der Waals surface area contributed by atoms with Crippen LogP contribution in [0.15, 0.2) is 34.8 Å². The zero-order valence-electron chi connectivity index (χ0n) is 9.68. The Morgan fingerprint density at radius 2 is 1.80 bits per heavy atom. The molecular weight excluding hydrogens is 358 g/mol. The van der Waals surface area contributed by atoms with E-state index in [1.54, 1.807) is 0 Å². The van der Waals surface area contributed by atoms with Gasteiger partial charge in [-0.05, 0) is 46.3 Å². The van der Waals surface area contributed by atoms with Crippen molar-refractivity contribution in [3.8, 4) is 0 Å². The summed E-state index contributed by atoms with van der Waals surface area (Å²) in [6, 6.07) is 6.06. The van der Waals surface area contributed by atoms with Crippen LogP contribution in [0.1, 0.15) is 10.4 Å². The van der Waals surface area contributed by atoms with Crippen LogP contribution in [0.3, 0.4) is 0 Å². The Kier molecular flexibility index (Phi) is 4.35. The molecule has 0 saturated heterocycles. The van der Waals surface area contributed by atoms with Gasteiger partial charge in [0.25, 0.3) is 5.91 Å². The summed E-state index contributed by atoms with van der Waals surface area (Å²) in [4.78, 5) is 11.8. The summed E-state index contributed by atoms with van der Waals surface area (Å²) in [5, 5.41) is 2.79. The number of carbonyl (C=O) groups is 1. The highest BCUT2D eigenvalue weighted by Crippen LogP contribution is 2.26. The van der Waals surface area contributed by atoms with Crippen LogP contribution >= 0.6 is 27.5 Å². The molecule has 0 aliphatic heterocycles. The number of hydrogen-bond acceptors (Lipinski definition) is 1. The average Bonchev–Trinajstić information content (AvgIpc) is 2.40. The monoisotopic (exact) mass is 363 g/mol. The molecule has 0 atom stereocenters. The van der Waals surface area contributed by atoms with Crippen LogP contribution in [-0.2, 0) is 0 Å². The topological polar surface area (TPSA) is 29.1 Å². The third kappa shape index (κ3) is 2.96. The Hall–Kier alpha value is -1.53. The molecule has 0 fully saturated rings. The van der Waals surface area contributed by atoms with Gasteiger partial charge < -0.3 is 5.32 Å². The number of hydrogen-bond donors (Lipinski definition) is 1. The molecule has 0 saturated carbocycles. The second-order valence-corrected chi connectivity index (χ2v) is 5.07. The number of rotatable bonds is 2. The number of halogens is 5. The van der Waals surface area contributed by atoms with Gasteiger partial charge in [0.15, 0.2) is 17.5 Å². The van der Waals surface area contributed by atoms with Crippen molar-refractivity contribution in [1.82, 2.24) is 0 Å². The van der Waals surface area contributed by atoms with E-state index in [1.807, 2.05) is 0 Å². The van der Waals surface area contributed by atoms with E-state index in [-0.39, 0.29) is 0 Å². The highest BCUT2D eigenvalue weighted by atomic mass is 79.9. The third-order valence-corrected chi connectivity index (χ3v) is 3.67. The Balaban J connectivity index is 2.28. The summed E-state index contributed by atoms with van der Waals surface area (Å²) in [7, 11) is 0. The first-order valence-electron chi connectivity index (χ1n) is 5.30. The second kappa shape index (κ2) is 5.85. The molecule has 0 aromatic heterocycles. The molecule has 0 heterocycles. The maximum Gasteiger partial charge on any atom is 0.258 e. The molecule has 0 radical (unpaired) electrons. The zero-order valence-corrected chi connectivity index (χ0v) is 12.0. The summed E-state index contributed by atoms with van der Waals surface area (Å²) in [6.07, 6.45) is 0. The van der Waals surface area contributed by atoms with Crippen molar-refractivity contribution in [2.45, 2.75) is 0 Å². The van der Waals surface area contributed by atoms with Gasteiger partial charge in [-0.3, -0.25) is 4.79 Å². The maximum absolute atomic E-state index is 13.5. The normalized spacial score (nSPS) is 10.4. The first-order valence-corrected chi connectivity index (χ1v) is 6.47. The number of benzene rings is 2. The van der Waals surface area contributed by atoms with Gasteiger partial charge in [-0.15, -0.1) is 0 Å². The smallest absolute Gasteiger partial charge is 0.258 e. The van der Waals surface area contributed by atoms with Crippen molar-refractivity contribution >= 4 is 39.1 Å². The van der Waals surface area contributed by atoms with Gasteiger partial charge in [0.1, 0.15) is 0 Å². The molecule has 0 spiro atoms. The van der Waals surface area contributed by atoms with E-state index in [0.717, 1.165) is 6.07 Å². The van der Waals surface area contributed by atoms with Crippen molar-refractivity contribution < 1.29 is 18.0 Å². The lowest BCUT2D eigenvalue weighted by molar-refractivity contribution is 0.102. The van der Waals surface area contributed by atoms with Crippen LogP contribution in [0.5, 0.6) is 0 Å². The van der Waals surface area contributed by atoms with Crippen molar-refractivity contribution in [1.29, 1.82) is 0 Å². The third-order valence-electron chi connectivity index (χ3n) is 2.46. The van der Waals surface area contributed by atoms with Gasteiger partial charge >= 0.3 is 0 Å². The molecule has 1 N–H and O–H groups in total. The van der Waals surface area contributed by atoms with Crippen molar-refractivity contribution in [2.75, 3.05) is 5.32 Å². The van der Waals surface area contributed by atoms with Crippen LogP contribution in [0.25, 0.3) is 0 Å². The number of nitrogens with one attached hydrogen (secondary N) is 1. The van der Waals surface area contributed by atoms with Gasteiger partial charge in [0, 0.05) is 10.2 Å². The fraction of sp³-hybridized carbons (Fsp3) is 0. The SMILES string of the molecule is O=C(Nc1ccc(Cl)c(Br)c1)c1ccc(F)c(F)c1F. The van der Waals surface area contributed by atoms with E-state index in [4.69, 9.17) is 11.6 Å². The summed E-state index contributed by atoms with van der Waals surface area (Å²) >= 11 is 8.95. The van der Waals surface area contributed by atoms with E-state index >= 15 is 0 Å². The van der Waals surface area contributed by atoms with Crippen molar-refractivity contribution in [3.05, 3.63) is 62.8 Å². The first-order chi connectivity index (χ1) is 9.40. The maximum atomic E-state index is 13.5. The lowest BCUT2D eigenvalue weighted by Gasteiger charge is -2.08. The molecule has 20 heavy (non-hydrogen) atoms. The van der Waals surface area contributed by atoms with E-state index in [1.165, 1.54) is 18.2 Å². The van der Waals surface area contributed by atoms with Crippen molar-refractivity contribution in [3.63, 3.8) is 0 Å². The Labute approximate surface area is 125 Å². The fourth-order valence-corrected chi connectivity index (χ4v) is 1.97. The minimum atomic E-state index is -1.69. The summed E-state index contributed by atoms with van der Waals surface area (Å²) in [5.41, 5.74) is -0.259. The number of amides is 1. The van der Waals surface area contributed by atoms with Crippen LogP contribution in [0.4, 0.5) is 18.9 Å². The summed E-state index contributed by atoms with van der Waals surface area (Å²) in [6.45, 7) is 0. The largest absolute Gasteiger partial charge is 0.322 e. The molecule has 2 nitrogen and oxygen atoms in total. The average molecular weight is 365 g/mol. The van der Waals surface area contributed by atoms with Gasteiger partial charge in [-0.25, -0.2) is 13.2 Å². The second-order valence-electron chi connectivity index (χ2n) is 3.81. The number of carbonyl (C=O) groups excluding carboxylic acids is 1. The van der Waals surface area contributed by atoms with Gasteiger partial charge in [0.2, 0.25) is 0 Å². The molecule has 2 aromatic rings. The quantitative estimate of drug-likeness (QED) is 0.764. The molecule has 7 heteroatoms. The Bertz CT molecular complexity index is 694. The van der Waals surface area contributed by atoms with Crippen LogP contribution in [0, 0.1) is 17.5 Å². The molecule has 0 unspecified atom stereocenters. The zero-order chi connectivity index (χ0) is 14.9. The molecule has 0 aliphatic carbocycles. The number of anilines is 1. The van der Waals surface area contributed by atoms with E-state index in [0.29, 0.717) is 21.2 Å². The van der Waals surface area contributed by atoms with Gasteiger partial charge in [-0.1, -0.05) is 11.6 Å². The molecule has 104 valence electrons. The van der Waals surface area contributed by atoms with Crippen LogP contribution in [-0.4, -0.2) is 5.91 Å². The first kappa shape index (κ1) is 14.9. The summed E-state index contributed by atoms with van der Waals surface area (Å²) in [5.74, 6) is -5.46. The summed E-state index contributed by atoms with van der Waals surface area (Å²) < 4.78 is 39.8. The van der Waals surface area contributed by atoms with Crippen molar-refractivity contribution in [2.24, 2.45) is 0 Å². The highest BCUT2D eigenvalue weighted by molar-refractivity contribution is 9.10. The molecule has 2 rings (SSSR count). The predicted octanol–water partition coefficient (Wildman–Crippen LogP) is 4.77. The van der Waals surface area contributed by atoms with Crippen LogP contribution in [0.2, 0.25) is 5.02 Å². The highest BCUT2D eigenvalue weighted by Gasteiger charge is 2.18. The fourth-order valence-electron chi connectivity index (χ4n) is 1.47. The Morgan fingerprint density at radius 1 is 1.10 bits per heavy atom. The molecule has 1 amide bonds. The van der Waals surface area contributed by atoms with Crippen LogP contribution < -0.4 is 5.32 Å². The minimum Gasteiger partial charge on any atom is -0.322 e. The molecule has 0 aliphatic rings. The molecular formula is C13H6BrClF3NO. The van der Waals surface area contributed by atoms with E-state index in [9.17, 15) is 18.0 Å².